The molecule has 0 aromatic carbocycles. The van der Waals surface area contributed by atoms with Crippen LogP contribution in [-0.2, 0) is 4.74 Å². The van der Waals surface area contributed by atoms with Gasteiger partial charge in [-0.3, -0.25) is 9.78 Å². The van der Waals surface area contributed by atoms with Crippen LogP contribution in [0.4, 0.5) is 5.82 Å². The number of hydrogen-bond acceptors (Lipinski definition) is 7. The molecule has 136 valence electrons. The van der Waals surface area contributed by atoms with Crippen molar-refractivity contribution >= 4 is 11.7 Å². The summed E-state index contributed by atoms with van der Waals surface area (Å²) in [5, 5.41) is 0. The highest BCUT2D eigenvalue weighted by Crippen LogP contribution is 2.26. The molecular formula is C18H21N5O3. The van der Waals surface area contributed by atoms with Crippen molar-refractivity contribution in [1.29, 1.82) is 0 Å². The van der Waals surface area contributed by atoms with Crippen LogP contribution in [0.25, 0.3) is 0 Å². The average molecular weight is 355 g/mol. The first-order valence-electron chi connectivity index (χ1n) is 8.81. The molecule has 4 rings (SSSR count). The van der Waals surface area contributed by atoms with Gasteiger partial charge < -0.3 is 19.3 Å². The van der Waals surface area contributed by atoms with Gasteiger partial charge in [0, 0.05) is 50.8 Å². The predicted molar refractivity (Wildman–Crippen MR) is 94.2 cm³/mol. The van der Waals surface area contributed by atoms with Crippen LogP contribution in [-0.4, -0.2) is 71.3 Å². The highest BCUT2D eigenvalue weighted by atomic mass is 16.5. The van der Waals surface area contributed by atoms with Gasteiger partial charge in [0.25, 0.3) is 11.8 Å². The molecule has 26 heavy (non-hydrogen) atoms. The molecule has 2 aromatic rings. The number of anilines is 1. The van der Waals surface area contributed by atoms with Crippen LogP contribution in [0, 0.1) is 0 Å². The SMILES string of the molecule is O=C(c1cccnc1)N1CCC(Oc2nccnc2N2CCOCC2)C1. The summed E-state index contributed by atoms with van der Waals surface area (Å²) < 4.78 is 11.5. The molecule has 2 aliphatic heterocycles. The molecule has 4 heterocycles. The number of pyridine rings is 1. The molecule has 0 aliphatic carbocycles. The van der Waals surface area contributed by atoms with Gasteiger partial charge in [-0.1, -0.05) is 0 Å². The lowest BCUT2D eigenvalue weighted by Gasteiger charge is -2.29. The van der Waals surface area contributed by atoms with Crippen molar-refractivity contribution in [3.8, 4) is 5.88 Å². The second-order valence-electron chi connectivity index (χ2n) is 6.31. The highest BCUT2D eigenvalue weighted by molar-refractivity contribution is 5.94. The van der Waals surface area contributed by atoms with Gasteiger partial charge in [-0.05, 0) is 12.1 Å². The lowest BCUT2D eigenvalue weighted by atomic mass is 10.2. The first-order valence-corrected chi connectivity index (χ1v) is 8.81. The molecule has 8 nitrogen and oxygen atoms in total. The average Bonchev–Trinajstić information content (AvgIpc) is 3.18. The van der Waals surface area contributed by atoms with Gasteiger partial charge in [0.1, 0.15) is 6.10 Å². The van der Waals surface area contributed by atoms with Crippen molar-refractivity contribution in [2.24, 2.45) is 0 Å². The second-order valence-corrected chi connectivity index (χ2v) is 6.31. The number of rotatable bonds is 4. The summed E-state index contributed by atoms with van der Waals surface area (Å²) in [7, 11) is 0. The summed E-state index contributed by atoms with van der Waals surface area (Å²) in [5.74, 6) is 1.25. The summed E-state index contributed by atoms with van der Waals surface area (Å²) in [6.45, 7) is 4.08. The van der Waals surface area contributed by atoms with Gasteiger partial charge >= 0.3 is 0 Å². The Morgan fingerprint density at radius 1 is 1.15 bits per heavy atom. The van der Waals surface area contributed by atoms with Gasteiger partial charge in [-0.2, -0.15) is 0 Å². The zero-order valence-electron chi connectivity index (χ0n) is 14.5. The quantitative estimate of drug-likeness (QED) is 0.809. The lowest BCUT2D eigenvalue weighted by Crippen LogP contribution is -2.37. The monoisotopic (exact) mass is 355 g/mol. The smallest absolute Gasteiger partial charge is 0.257 e. The van der Waals surface area contributed by atoms with Crippen LogP contribution >= 0.6 is 0 Å². The molecular weight excluding hydrogens is 334 g/mol. The number of hydrogen-bond donors (Lipinski definition) is 0. The van der Waals surface area contributed by atoms with Gasteiger partial charge in [0.2, 0.25) is 0 Å². The molecule has 1 atom stereocenters. The maximum absolute atomic E-state index is 12.5. The van der Waals surface area contributed by atoms with Crippen molar-refractivity contribution in [2.75, 3.05) is 44.3 Å². The standard InChI is InChI=1S/C18H21N5O3/c24-18(14-2-1-4-19-12-14)23-7-3-15(13-23)26-17-16(20-5-6-21-17)22-8-10-25-11-9-22/h1-2,4-6,12,15H,3,7-11,13H2. The van der Waals surface area contributed by atoms with Crippen molar-refractivity contribution in [2.45, 2.75) is 12.5 Å². The van der Waals surface area contributed by atoms with Crippen molar-refractivity contribution in [1.82, 2.24) is 19.9 Å². The van der Waals surface area contributed by atoms with E-state index in [1.165, 1.54) is 0 Å². The lowest BCUT2D eigenvalue weighted by molar-refractivity contribution is 0.0770. The number of nitrogens with zero attached hydrogens (tertiary/aromatic N) is 5. The fourth-order valence-corrected chi connectivity index (χ4v) is 3.23. The van der Waals surface area contributed by atoms with E-state index in [-0.39, 0.29) is 12.0 Å². The Kier molecular flexibility index (Phi) is 4.92. The molecule has 0 N–H and O–H groups in total. The molecule has 0 bridgehead atoms. The van der Waals surface area contributed by atoms with Crippen molar-refractivity contribution < 1.29 is 14.3 Å². The Labute approximate surface area is 151 Å². The zero-order chi connectivity index (χ0) is 17.8. The van der Waals surface area contributed by atoms with Crippen molar-refractivity contribution in [3.63, 3.8) is 0 Å². The molecule has 0 radical (unpaired) electrons. The van der Waals surface area contributed by atoms with E-state index < -0.39 is 0 Å². The number of likely N-dealkylation sites (tertiary alicyclic amines) is 1. The van der Waals surface area contributed by atoms with Crippen LogP contribution in [0.5, 0.6) is 5.88 Å². The van der Waals surface area contributed by atoms with E-state index in [9.17, 15) is 4.79 Å². The third-order valence-electron chi connectivity index (χ3n) is 4.58. The Hall–Kier alpha value is -2.74. The van der Waals surface area contributed by atoms with Gasteiger partial charge in [0.05, 0.1) is 25.3 Å². The number of carbonyl (C=O) groups excluding carboxylic acids is 1. The van der Waals surface area contributed by atoms with Crippen LogP contribution in [0.15, 0.2) is 36.9 Å². The summed E-state index contributed by atoms with van der Waals surface area (Å²) in [4.78, 5) is 29.3. The minimum Gasteiger partial charge on any atom is -0.470 e. The van der Waals surface area contributed by atoms with E-state index in [2.05, 4.69) is 19.9 Å². The van der Waals surface area contributed by atoms with Crippen LogP contribution in [0.1, 0.15) is 16.8 Å². The first kappa shape index (κ1) is 16.7. The van der Waals surface area contributed by atoms with E-state index in [1.54, 1.807) is 41.8 Å². The molecule has 2 aliphatic rings. The number of ether oxygens (including phenoxy) is 2. The first-order chi connectivity index (χ1) is 12.8. The zero-order valence-corrected chi connectivity index (χ0v) is 14.5. The fraction of sp³-hybridized carbons (Fsp3) is 0.444. The normalized spacial score (nSPS) is 20.2. The van der Waals surface area contributed by atoms with Crippen molar-refractivity contribution in [3.05, 3.63) is 42.5 Å². The summed E-state index contributed by atoms with van der Waals surface area (Å²) in [6, 6.07) is 3.55. The van der Waals surface area contributed by atoms with E-state index in [0.29, 0.717) is 37.7 Å². The van der Waals surface area contributed by atoms with Gasteiger partial charge in [-0.15, -0.1) is 0 Å². The molecule has 0 spiro atoms. The Balaban J connectivity index is 1.42. The topological polar surface area (TPSA) is 80.7 Å². The number of morpholine rings is 1. The summed E-state index contributed by atoms with van der Waals surface area (Å²) in [5.41, 5.74) is 0.599. The van der Waals surface area contributed by atoms with Crippen LogP contribution in [0.3, 0.4) is 0 Å². The van der Waals surface area contributed by atoms with Gasteiger partial charge in [0.15, 0.2) is 5.82 Å². The molecule has 0 saturated carbocycles. The van der Waals surface area contributed by atoms with Crippen LogP contribution in [0.2, 0.25) is 0 Å². The minimum atomic E-state index is -0.0906. The van der Waals surface area contributed by atoms with Crippen LogP contribution < -0.4 is 9.64 Å². The molecule has 1 amide bonds. The molecule has 1 unspecified atom stereocenters. The fourth-order valence-electron chi connectivity index (χ4n) is 3.23. The Morgan fingerprint density at radius 3 is 2.81 bits per heavy atom. The maximum Gasteiger partial charge on any atom is 0.257 e. The van der Waals surface area contributed by atoms with E-state index >= 15 is 0 Å². The van der Waals surface area contributed by atoms with E-state index in [0.717, 1.165) is 25.3 Å². The third-order valence-corrected chi connectivity index (χ3v) is 4.58. The van der Waals surface area contributed by atoms with Gasteiger partial charge in [-0.25, -0.2) is 9.97 Å². The predicted octanol–water partition coefficient (Wildman–Crippen LogP) is 1.00. The molecule has 2 saturated heterocycles. The number of aromatic nitrogens is 3. The molecule has 2 fully saturated rings. The Morgan fingerprint density at radius 2 is 2.00 bits per heavy atom. The van der Waals surface area contributed by atoms with E-state index in [1.807, 2.05) is 0 Å². The second kappa shape index (κ2) is 7.65. The molecule has 2 aromatic heterocycles. The highest BCUT2D eigenvalue weighted by Gasteiger charge is 2.30. The number of amides is 1. The molecule has 8 heteroatoms. The maximum atomic E-state index is 12.5. The Bertz CT molecular complexity index is 752. The third kappa shape index (κ3) is 3.60. The summed E-state index contributed by atoms with van der Waals surface area (Å²) in [6.07, 6.45) is 7.23. The number of carbonyl (C=O) groups is 1. The van der Waals surface area contributed by atoms with E-state index in [4.69, 9.17) is 9.47 Å². The largest absolute Gasteiger partial charge is 0.470 e. The summed E-state index contributed by atoms with van der Waals surface area (Å²) >= 11 is 0. The minimum absolute atomic E-state index is 0.0169.